The van der Waals surface area contributed by atoms with Crippen molar-refractivity contribution in [3.63, 3.8) is 0 Å². The van der Waals surface area contributed by atoms with Gasteiger partial charge in [0.05, 0.1) is 33.9 Å². The number of hydrogen-bond donors (Lipinski definition) is 1. The number of nitrogens with one attached hydrogen (secondary N) is 1. The number of ether oxygens (including phenoxy) is 2. The number of thiazole rings is 1. The Bertz CT molecular complexity index is 1510. The summed E-state index contributed by atoms with van der Waals surface area (Å²) in [5.41, 5.74) is 4.94. The second kappa shape index (κ2) is 12.9. The molecule has 4 aromatic rings. The van der Waals surface area contributed by atoms with E-state index in [1.165, 1.54) is 12.8 Å². The van der Waals surface area contributed by atoms with Gasteiger partial charge in [-0.2, -0.15) is 5.26 Å². The predicted octanol–water partition coefficient (Wildman–Crippen LogP) is 6.63. The predicted molar refractivity (Wildman–Crippen MR) is 159 cm³/mol. The smallest absolute Gasteiger partial charge is 0.227 e. The van der Waals surface area contributed by atoms with Gasteiger partial charge >= 0.3 is 0 Å². The maximum Gasteiger partial charge on any atom is 0.227 e. The Morgan fingerprint density at radius 3 is 2.70 bits per heavy atom. The number of rotatable bonds is 11. The summed E-state index contributed by atoms with van der Waals surface area (Å²) in [6.07, 6.45) is 6.15. The van der Waals surface area contributed by atoms with Crippen molar-refractivity contribution in [1.29, 1.82) is 5.26 Å². The van der Waals surface area contributed by atoms with E-state index in [2.05, 4.69) is 40.3 Å². The van der Waals surface area contributed by atoms with Crippen LogP contribution in [0.15, 0.2) is 48.7 Å². The van der Waals surface area contributed by atoms with Gasteiger partial charge in [0.1, 0.15) is 24.2 Å². The summed E-state index contributed by atoms with van der Waals surface area (Å²) in [5, 5.41) is 14.1. The fourth-order valence-electron chi connectivity index (χ4n) is 4.81. The first-order chi connectivity index (χ1) is 19.6. The molecule has 5 rings (SSSR count). The van der Waals surface area contributed by atoms with Gasteiger partial charge < -0.3 is 14.8 Å². The molecule has 0 amide bonds. The SMILES string of the molecule is CCCc1nc(-c2ccc(C)c(OC)c2)c(-c2ccnc(Nc3ccc(OCCN4CCCC4)c(C#N)c3)n2)s1. The summed E-state index contributed by atoms with van der Waals surface area (Å²) < 4.78 is 11.5. The molecule has 9 heteroatoms. The zero-order valence-corrected chi connectivity index (χ0v) is 24.1. The Hall–Kier alpha value is -4.00. The minimum Gasteiger partial charge on any atom is -0.496 e. The lowest BCUT2D eigenvalue weighted by molar-refractivity contribution is 0.237. The number of methoxy groups -OCH3 is 1. The molecule has 0 unspecified atom stereocenters. The average molecular weight is 555 g/mol. The first-order valence-electron chi connectivity index (χ1n) is 13.7. The molecule has 0 radical (unpaired) electrons. The van der Waals surface area contributed by atoms with Crippen LogP contribution in [0.4, 0.5) is 11.6 Å². The Morgan fingerprint density at radius 1 is 1.07 bits per heavy atom. The van der Waals surface area contributed by atoms with E-state index in [-0.39, 0.29) is 0 Å². The Labute approximate surface area is 239 Å². The van der Waals surface area contributed by atoms with Gasteiger partial charge in [-0.1, -0.05) is 19.1 Å². The van der Waals surface area contributed by atoms with Crippen LogP contribution in [0, 0.1) is 18.3 Å². The molecule has 8 nitrogen and oxygen atoms in total. The van der Waals surface area contributed by atoms with Gasteiger partial charge in [-0.25, -0.2) is 15.0 Å². The van der Waals surface area contributed by atoms with Crippen LogP contribution in [-0.4, -0.2) is 53.2 Å². The van der Waals surface area contributed by atoms with E-state index in [9.17, 15) is 5.26 Å². The summed E-state index contributed by atoms with van der Waals surface area (Å²) in [5.74, 6) is 1.87. The first kappa shape index (κ1) is 27.6. The van der Waals surface area contributed by atoms with Crippen LogP contribution in [0.1, 0.15) is 42.3 Å². The molecule has 40 heavy (non-hydrogen) atoms. The maximum absolute atomic E-state index is 9.74. The van der Waals surface area contributed by atoms with Crippen LogP contribution in [0.5, 0.6) is 11.5 Å². The van der Waals surface area contributed by atoms with Crippen LogP contribution in [0.3, 0.4) is 0 Å². The number of nitrogens with zero attached hydrogens (tertiary/aromatic N) is 5. The van der Waals surface area contributed by atoms with Crippen LogP contribution in [0.2, 0.25) is 0 Å². The number of benzene rings is 2. The molecule has 1 fully saturated rings. The summed E-state index contributed by atoms with van der Waals surface area (Å²) in [6, 6.07) is 15.8. The molecule has 2 aromatic carbocycles. The quantitative estimate of drug-likeness (QED) is 0.221. The van der Waals surface area contributed by atoms with E-state index in [1.54, 1.807) is 30.7 Å². The summed E-state index contributed by atoms with van der Waals surface area (Å²) in [7, 11) is 1.68. The topological polar surface area (TPSA) is 96.2 Å². The second-order valence-corrected chi connectivity index (χ2v) is 10.9. The van der Waals surface area contributed by atoms with Gasteiger partial charge in [-0.05, 0) is 81.6 Å². The average Bonchev–Trinajstić information content (AvgIpc) is 3.65. The Morgan fingerprint density at radius 2 is 1.93 bits per heavy atom. The van der Waals surface area contributed by atoms with Crippen LogP contribution >= 0.6 is 11.3 Å². The molecule has 0 aliphatic carbocycles. The summed E-state index contributed by atoms with van der Waals surface area (Å²) in [4.78, 5) is 17.6. The monoisotopic (exact) mass is 554 g/mol. The van der Waals surface area contributed by atoms with Crippen molar-refractivity contribution in [3.05, 3.63) is 64.8 Å². The van der Waals surface area contributed by atoms with Crippen molar-refractivity contribution in [2.75, 3.05) is 38.7 Å². The number of likely N-dealkylation sites (tertiary alicyclic amines) is 1. The summed E-state index contributed by atoms with van der Waals surface area (Å²) >= 11 is 1.66. The lowest BCUT2D eigenvalue weighted by Gasteiger charge is -2.15. The summed E-state index contributed by atoms with van der Waals surface area (Å²) in [6.45, 7) is 7.87. The maximum atomic E-state index is 9.74. The number of aryl methyl sites for hydroxylation is 2. The third-order valence-electron chi connectivity index (χ3n) is 6.92. The molecule has 0 bridgehead atoms. The second-order valence-electron chi connectivity index (χ2n) is 9.83. The largest absolute Gasteiger partial charge is 0.496 e. The standard InChI is InChI=1S/C31H34N6O2S/c1-4-7-28-36-29(22-9-8-21(2)27(19-22)38-3)30(40-28)25-12-13-33-31(35-25)34-24-10-11-26(23(18-24)20-32)39-17-16-37-14-5-6-15-37/h8-13,18-19H,4-7,14-17H2,1-3H3,(H,33,34,35). The number of hydrogen-bond acceptors (Lipinski definition) is 9. The molecule has 3 heterocycles. The third kappa shape index (κ3) is 6.41. The molecule has 1 saturated heterocycles. The van der Waals surface area contributed by atoms with Crippen LogP contribution < -0.4 is 14.8 Å². The van der Waals surface area contributed by atoms with Gasteiger partial charge in [0, 0.05) is 24.0 Å². The molecule has 206 valence electrons. The van der Waals surface area contributed by atoms with E-state index in [4.69, 9.17) is 19.4 Å². The molecule has 1 aliphatic heterocycles. The molecule has 2 aromatic heterocycles. The fourth-order valence-corrected chi connectivity index (χ4v) is 5.97. The zero-order chi connectivity index (χ0) is 27.9. The van der Waals surface area contributed by atoms with Crippen molar-refractivity contribution in [2.24, 2.45) is 0 Å². The van der Waals surface area contributed by atoms with Crippen molar-refractivity contribution in [1.82, 2.24) is 19.9 Å². The van der Waals surface area contributed by atoms with Gasteiger partial charge in [-0.3, -0.25) is 4.90 Å². The van der Waals surface area contributed by atoms with Gasteiger partial charge in [-0.15, -0.1) is 11.3 Å². The number of aromatic nitrogens is 3. The molecule has 0 atom stereocenters. The van der Waals surface area contributed by atoms with E-state index >= 15 is 0 Å². The molecular formula is C31H34N6O2S. The van der Waals surface area contributed by atoms with Crippen LogP contribution in [-0.2, 0) is 6.42 Å². The first-order valence-corrected chi connectivity index (χ1v) is 14.5. The van der Waals surface area contributed by atoms with E-state index < -0.39 is 0 Å². The molecule has 1 aliphatic rings. The van der Waals surface area contributed by atoms with E-state index in [0.717, 1.165) is 76.3 Å². The Kier molecular flexibility index (Phi) is 8.89. The van der Waals surface area contributed by atoms with E-state index in [1.807, 2.05) is 31.2 Å². The van der Waals surface area contributed by atoms with Crippen molar-refractivity contribution in [3.8, 4) is 39.4 Å². The van der Waals surface area contributed by atoms with Crippen molar-refractivity contribution >= 4 is 23.0 Å². The van der Waals surface area contributed by atoms with E-state index in [0.29, 0.717) is 23.9 Å². The Balaban J connectivity index is 1.37. The molecule has 0 spiro atoms. The van der Waals surface area contributed by atoms with Crippen LogP contribution in [0.25, 0.3) is 21.8 Å². The lowest BCUT2D eigenvalue weighted by atomic mass is 10.1. The number of anilines is 2. The highest BCUT2D eigenvalue weighted by molar-refractivity contribution is 7.15. The highest BCUT2D eigenvalue weighted by Gasteiger charge is 2.18. The molecule has 0 saturated carbocycles. The van der Waals surface area contributed by atoms with Gasteiger partial charge in [0.15, 0.2) is 0 Å². The van der Waals surface area contributed by atoms with Gasteiger partial charge in [0.25, 0.3) is 0 Å². The number of nitriles is 1. The fraction of sp³-hybridized carbons (Fsp3) is 0.355. The minimum atomic E-state index is 0.446. The van der Waals surface area contributed by atoms with Crippen molar-refractivity contribution in [2.45, 2.75) is 39.5 Å². The lowest BCUT2D eigenvalue weighted by Crippen LogP contribution is -2.25. The van der Waals surface area contributed by atoms with Crippen molar-refractivity contribution < 1.29 is 9.47 Å². The highest BCUT2D eigenvalue weighted by atomic mass is 32.1. The molecule has 1 N–H and O–H groups in total. The normalized spacial score (nSPS) is 13.2. The minimum absolute atomic E-state index is 0.446. The molecular weight excluding hydrogens is 520 g/mol. The zero-order valence-electron chi connectivity index (χ0n) is 23.2. The third-order valence-corrected chi connectivity index (χ3v) is 8.06. The van der Waals surface area contributed by atoms with Gasteiger partial charge in [0.2, 0.25) is 5.95 Å². The highest BCUT2D eigenvalue weighted by Crippen LogP contribution is 2.38.